The molecule has 0 heterocycles. The average molecular weight is 618 g/mol. The van der Waals surface area contributed by atoms with Crippen LogP contribution >= 0.6 is 0 Å². The van der Waals surface area contributed by atoms with Crippen molar-refractivity contribution in [1.29, 1.82) is 0 Å². The van der Waals surface area contributed by atoms with E-state index in [4.69, 9.17) is 42.3 Å². The normalized spacial score (nSPS) is 12.0. The second-order valence-electron chi connectivity index (χ2n) is 10.9. The van der Waals surface area contributed by atoms with Gasteiger partial charge in [-0.15, -0.1) is 0 Å². The van der Waals surface area contributed by atoms with Crippen molar-refractivity contribution in [3.8, 4) is 5.75 Å². The predicted octanol–water partition coefficient (Wildman–Crippen LogP) is 4.16. The van der Waals surface area contributed by atoms with Crippen molar-refractivity contribution in [2.24, 2.45) is 0 Å². The molecule has 11 nitrogen and oxygen atoms in total. The van der Waals surface area contributed by atoms with E-state index in [-0.39, 0.29) is 10.9 Å². The molecule has 1 rings (SSSR count). The molecule has 1 amide bonds. The Hall–Kier alpha value is -1.61. The quantitative estimate of drug-likeness (QED) is 0.114. The number of carbonyl (C=O) groups excluding carboxylic acids is 1. The van der Waals surface area contributed by atoms with Gasteiger partial charge in [0.15, 0.2) is 8.32 Å². The number of benzene rings is 1. The van der Waals surface area contributed by atoms with Gasteiger partial charge < -0.3 is 47.6 Å². The molecule has 0 radical (unpaired) electrons. The smallest absolute Gasteiger partial charge is 0.221 e. The van der Waals surface area contributed by atoms with E-state index in [1.54, 1.807) is 24.3 Å². The van der Waals surface area contributed by atoms with Gasteiger partial charge >= 0.3 is 0 Å². The van der Waals surface area contributed by atoms with Crippen molar-refractivity contribution < 1.29 is 47.1 Å². The van der Waals surface area contributed by atoms with E-state index in [0.29, 0.717) is 106 Å². The van der Waals surface area contributed by atoms with Crippen LogP contribution in [0.2, 0.25) is 18.1 Å². The van der Waals surface area contributed by atoms with E-state index in [2.05, 4.69) is 39.2 Å². The number of hydrogen-bond acceptors (Lipinski definition) is 10. The zero-order chi connectivity index (χ0) is 30.9. The molecule has 0 aliphatic heterocycles. The van der Waals surface area contributed by atoms with Crippen molar-refractivity contribution in [3.05, 3.63) is 24.3 Å². The topological polar surface area (TPSA) is 112 Å². The average Bonchev–Trinajstić information content (AvgIpc) is 2.93. The first-order valence-corrected chi connectivity index (χ1v) is 17.7. The molecule has 0 aromatic heterocycles. The lowest BCUT2D eigenvalue weighted by atomic mass is 10.2. The molecule has 0 aliphatic carbocycles. The number of rotatable bonds is 27. The van der Waals surface area contributed by atoms with Gasteiger partial charge in [-0.2, -0.15) is 0 Å². The van der Waals surface area contributed by atoms with E-state index < -0.39 is 8.32 Å². The Labute approximate surface area is 253 Å². The zero-order valence-electron chi connectivity index (χ0n) is 26.7. The molecular weight excluding hydrogens is 562 g/mol. The Balaban J connectivity index is 1.73. The highest BCUT2D eigenvalue weighted by molar-refractivity contribution is 6.74. The third kappa shape index (κ3) is 21.1. The molecule has 1 N–H and O–H groups in total. The van der Waals surface area contributed by atoms with Gasteiger partial charge in [0.1, 0.15) is 12.4 Å². The van der Waals surface area contributed by atoms with Crippen molar-refractivity contribution in [2.75, 3.05) is 111 Å². The van der Waals surface area contributed by atoms with Crippen LogP contribution in [0.1, 0.15) is 27.7 Å². The van der Waals surface area contributed by atoms with Crippen LogP contribution in [0.25, 0.3) is 0 Å². The highest BCUT2D eigenvalue weighted by Gasteiger charge is 2.36. The Bertz CT molecular complexity index is 789. The molecule has 42 heavy (non-hydrogen) atoms. The molecule has 244 valence electrons. The van der Waals surface area contributed by atoms with E-state index in [1.807, 2.05) is 0 Å². The van der Waals surface area contributed by atoms with Gasteiger partial charge in [0.2, 0.25) is 5.91 Å². The third-order valence-electron chi connectivity index (χ3n) is 6.40. The number of carbonyl (C=O) groups is 1. The minimum absolute atomic E-state index is 0.104. The molecule has 0 spiro atoms. The molecule has 1 aromatic rings. The Morgan fingerprint density at radius 3 is 1.26 bits per heavy atom. The Morgan fingerprint density at radius 2 is 0.929 bits per heavy atom. The fourth-order valence-corrected chi connectivity index (χ4v) is 4.08. The van der Waals surface area contributed by atoms with Gasteiger partial charge in [0.05, 0.1) is 99.1 Å². The van der Waals surface area contributed by atoms with Crippen molar-refractivity contribution in [3.63, 3.8) is 0 Å². The molecule has 0 fully saturated rings. The third-order valence-corrected chi connectivity index (χ3v) is 10.9. The molecule has 0 bridgehead atoms. The van der Waals surface area contributed by atoms with Crippen LogP contribution in [0.5, 0.6) is 5.75 Å². The van der Waals surface area contributed by atoms with Crippen molar-refractivity contribution in [1.82, 2.24) is 0 Å². The summed E-state index contributed by atoms with van der Waals surface area (Å²) in [5, 5.41) is 2.93. The van der Waals surface area contributed by atoms with E-state index in [9.17, 15) is 4.79 Å². The Morgan fingerprint density at radius 1 is 0.595 bits per heavy atom. The van der Waals surface area contributed by atoms with Gasteiger partial charge in [-0.3, -0.25) is 4.79 Å². The standard InChI is InChI=1S/C30H55NO10Si/c1-27(32)31-28-7-9-29(10-8-28)40-25-23-38-21-19-36-17-15-34-13-11-33-12-14-35-16-18-37-20-22-39-24-26-41-42(5,6)30(2,3)4/h7-10H,11-26H2,1-6H3,(H,31,32). The number of amides is 1. The summed E-state index contributed by atoms with van der Waals surface area (Å²) in [5.41, 5.74) is 0.735. The first-order valence-electron chi connectivity index (χ1n) is 14.8. The maximum Gasteiger partial charge on any atom is 0.221 e. The molecule has 0 saturated carbocycles. The first-order chi connectivity index (χ1) is 20.1. The van der Waals surface area contributed by atoms with Gasteiger partial charge in [-0.05, 0) is 42.4 Å². The van der Waals surface area contributed by atoms with Crippen LogP contribution in [0.3, 0.4) is 0 Å². The number of hydrogen-bond donors (Lipinski definition) is 1. The summed E-state index contributed by atoms with van der Waals surface area (Å²) in [6.07, 6.45) is 0. The van der Waals surface area contributed by atoms with Gasteiger partial charge in [0, 0.05) is 12.6 Å². The molecule has 0 saturated heterocycles. The summed E-state index contributed by atoms with van der Waals surface area (Å²) < 4.78 is 50.2. The van der Waals surface area contributed by atoms with Crippen molar-refractivity contribution >= 4 is 19.9 Å². The first kappa shape index (κ1) is 38.4. The summed E-state index contributed by atoms with van der Waals surface area (Å²) in [5.74, 6) is 0.617. The molecule has 12 heteroatoms. The van der Waals surface area contributed by atoms with Gasteiger partial charge in [-0.25, -0.2) is 0 Å². The maximum atomic E-state index is 11.0. The lowest BCUT2D eigenvalue weighted by Crippen LogP contribution is -2.41. The minimum atomic E-state index is -1.70. The van der Waals surface area contributed by atoms with Crippen LogP contribution in [-0.2, 0) is 42.4 Å². The lowest BCUT2D eigenvalue weighted by Gasteiger charge is -2.36. The summed E-state index contributed by atoms with van der Waals surface area (Å²) in [7, 11) is -1.70. The van der Waals surface area contributed by atoms with Crippen LogP contribution in [-0.4, -0.2) is 120 Å². The molecule has 1 aromatic carbocycles. The number of anilines is 1. The fraction of sp³-hybridized carbons (Fsp3) is 0.767. The minimum Gasteiger partial charge on any atom is -0.491 e. The molecule has 0 unspecified atom stereocenters. The van der Waals surface area contributed by atoms with Crippen molar-refractivity contribution in [2.45, 2.75) is 45.8 Å². The van der Waals surface area contributed by atoms with Crippen LogP contribution in [0.15, 0.2) is 24.3 Å². The SMILES string of the molecule is CC(=O)Nc1ccc(OCCOCCOCCOCCOCCOCCOCCOCCO[Si](C)(C)C(C)(C)C)cc1. The molecule has 0 atom stereocenters. The summed E-state index contributed by atoms with van der Waals surface area (Å²) in [4.78, 5) is 11.0. The highest BCUT2D eigenvalue weighted by atomic mass is 28.4. The van der Waals surface area contributed by atoms with E-state index in [0.717, 1.165) is 11.4 Å². The summed E-state index contributed by atoms with van der Waals surface area (Å²) in [6.45, 7) is 21.0. The summed E-state index contributed by atoms with van der Waals surface area (Å²) in [6, 6.07) is 7.19. The summed E-state index contributed by atoms with van der Waals surface area (Å²) >= 11 is 0. The fourth-order valence-electron chi connectivity index (χ4n) is 3.05. The van der Waals surface area contributed by atoms with Gasteiger partial charge in [-0.1, -0.05) is 20.8 Å². The largest absolute Gasteiger partial charge is 0.491 e. The van der Waals surface area contributed by atoms with Crippen LogP contribution in [0.4, 0.5) is 5.69 Å². The second kappa shape index (κ2) is 23.8. The van der Waals surface area contributed by atoms with E-state index >= 15 is 0 Å². The predicted molar refractivity (Wildman–Crippen MR) is 165 cm³/mol. The highest BCUT2D eigenvalue weighted by Crippen LogP contribution is 2.36. The molecule has 0 aliphatic rings. The number of nitrogens with one attached hydrogen (secondary N) is 1. The second-order valence-corrected chi connectivity index (χ2v) is 15.8. The Kier molecular flexibility index (Phi) is 21.8. The van der Waals surface area contributed by atoms with Crippen LogP contribution in [0, 0.1) is 0 Å². The lowest BCUT2D eigenvalue weighted by molar-refractivity contribution is -0.114. The molecular formula is C30H55NO10Si. The number of ether oxygens (including phenoxy) is 8. The van der Waals surface area contributed by atoms with Crippen LogP contribution < -0.4 is 10.1 Å². The maximum absolute atomic E-state index is 11.0. The zero-order valence-corrected chi connectivity index (χ0v) is 27.7. The monoisotopic (exact) mass is 617 g/mol. The van der Waals surface area contributed by atoms with Gasteiger partial charge in [0.25, 0.3) is 0 Å². The van der Waals surface area contributed by atoms with E-state index in [1.165, 1.54) is 6.92 Å².